The molecule has 0 bridgehead atoms. The molecular weight excluding hydrogens is 458 g/mol. The van der Waals surface area contributed by atoms with Crippen molar-refractivity contribution >= 4 is 28.2 Å². The molecule has 0 saturated carbocycles. The average molecular weight is 488 g/mol. The number of piperazine rings is 1. The molecule has 1 N–H and O–H groups in total. The average Bonchev–Trinajstić information content (AvgIpc) is 2.78. The van der Waals surface area contributed by atoms with Gasteiger partial charge >= 0.3 is 5.69 Å². The van der Waals surface area contributed by atoms with Crippen LogP contribution in [0.1, 0.15) is 6.42 Å². The zero-order chi connectivity index (χ0) is 22.6. The zero-order valence-electron chi connectivity index (χ0n) is 18.5. The third-order valence-electron chi connectivity index (χ3n) is 5.49. The van der Waals surface area contributed by atoms with Crippen LogP contribution in [-0.4, -0.2) is 68.8 Å². The van der Waals surface area contributed by atoms with Crippen molar-refractivity contribution in [2.75, 3.05) is 51.3 Å². The zero-order valence-corrected chi connectivity index (χ0v) is 20.1. The largest absolute Gasteiger partial charge is 0.494 e. The van der Waals surface area contributed by atoms with E-state index in [-0.39, 0.29) is 28.6 Å². The number of nitrogens with one attached hydrogen (secondary N) is 1. The molecule has 12 heteroatoms. The molecular formula is C20H30ClN5O5S. The summed E-state index contributed by atoms with van der Waals surface area (Å²) in [5.41, 5.74) is -0.618. The summed E-state index contributed by atoms with van der Waals surface area (Å²) >= 11 is 0. The number of sulfonamides is 1. The monoisotopic (exact) mass is 487 g/mol. The van der Waals surface area contributed by atoms with Crippen molar-refractivity contribution < 1.29 is 13.2 Å². The Morgan fingerprint density at radius 1 is 1.00 bits per heavy atom. The maximum atomic E-state index is 12.1. The van der Waals surface area contributed by atoms with E-state index in [4.69, 9.17) is 4.74 Å². The number of rotatable bonds is 8. The maximum absolute atomic E-state index is 12.1. The van der Waals surface area contributed by atoms with Crippen LogP contribution in [0.25, 0.3) is 0 Å². The second-order valence-corrected chi connectivity index (χ2v) is 9.34. The van der Waals surface area contributed by atoms with Gasteiger partial charge in [-0.25, -0.2) is 17.9 Å². The second-order valence-electron chi connectivity index (χ2n) is 7.45. The summed E-state index contributed by atoms with van der Waals surface area (Å²) in [6, 6.07) is 7.85. The van der Waals surface area contributed by atoms with E-state index in [1.54, 1.807) is 19.2 Å². The fraction of sp³-hybridized carbons (Fsp3) is 0.500. The van der Waals surface area contributed by atoms with Crippen LogP contribution in [0.15, 0.2) is 44.8 Å². The summed E-state index contributed by atoms with van der Waals surface area (Å²) in [4.78, 5) is 28.7. The van der Waals surface area contributed by atoms with Crippen molar-refractivity contribution in [1.29, 1.82) is 0 Å². The molecule has 1 aromatic carbocycles. The quantitative estimate of drug-likeness (QED) is 0.522. The number of ether oxygens (including phenoxy) is 1. The first kappa shape index (κ1) is 25.9. The van der Waals surface area contributed by atoms with Crippen LogP contribution in [0.3, 0.4) is 0 Å². The van der Waals surface area contributed by atoms with Gasteiger partial charge in [-0.05, 0) is 37.7 Å². The van der Waals surface area contributed by atoms with Crippen molar-refractivity contribution in [1.82, 2.24) is 18.8 Å². The Morgan fingerprint density at radius 3 is 2.22 bits per heavy atom. The number of anilines is 1. The molecule has 2 heterocycles. The lowest BCUT2D eigenvalue weighted by Crippen LogP contribution is -2.49. The molecule has 178 valence electrons. The molecule has 0 aliphatic carbocycles. The Hall–Kier alpha value is -2.34. The first-order chi connectivity index (χ1) is 14.7. The summed E-state index contributed by atoms with van der Waals surface area (Å²) < 4.78 is 34.1. The van der Waals surface area contributed by atoms with E-state index < -0.39 is 10.0 Å². The van der Waals surface area contributed by atoms with Crippen molar-refractivity contribution in [3.05, 3.63) is 51.2 Å². The van der Waals surface area contributed by atoms with E-state index in [9.17, 15) is 18.0 Å². The van der Waals surface area contributed by atoms with Gasteiger partial charge in [0.1, 0.15) is 11.6 Å². The number of halogens is 1. The van der Waals surface area contributed by atoms with Gasteiger partial charge in [0.15, 0.2) is 0 Å². The Bertz CT molecular complexity index is 1120. The normalized spacial score (nSPS) is 14.8. The summed E-state index contributed by atoms with van der Waals surface area (Å²) in [5.74, 6) is 1.28. The molecule has 0 amide bonds. The van der Waals surface area contributed by atoms with Gasteiger partial charge in [-0.1, -0.05) is 0 Å². The molecule has 1 aliphatic heterocycles. The van der Waals surface area contributed by atoms with Crippen molar-refractivity contribution in [3.8, 4) is 5.75 Å². The minimum absolute atomic E-state index is 0. The second kappa shape index (κ2) is 11.0. The molecule has 0 unspecified atom stereocenters. The highest BCUT2D eigenvalue weighted by Gasteiger charge is 2.20. The van der Waals surface area contributed by atoms with E-state index in [0.717, 1.165) is 43.7 Å². The number of aromatic nitrogens is 2. The van der Waals surface area contributed by atoms with Gasteiger partial charge in [-0.2, -0.15) is 0 Å². The van der Waals surface area contributed by atoms with Gasteiger partial charge in [-0.15, -0.1) is 12.4 Å². The van der Waals surface area contributed by atoms with Gasteiger partial charge in [0.2, 0.25) is 10.0 Å². The van der Waals surface area contributed by atoms with Crippen LogP contribution < -0.4 is 25.6 Å². The topological polar surface area (TPSA) is 106 Å². The minimum Gasteiger partial charge on any atom is -0.494 e. The van der Waals surface area contributed by atoms with Gasteiger partial charge < -0.3 is 9.64 Å². The number of benzene rings is 1. The van der Waals surface area contributed by atoms with E-state index >= 15 is 0 Å². The Kier molecular flexibility index (Phi) is 8.90. The number of nitrogens with zero attached hydrogens (tertiary/aromatic N) is 4. The molecule has 0 spiro atoms. The van der Waals surface area contributed by atoms with Crippen LogP contribution in [-0.2, 0) is 24.1 Å². The first-order valence-electron chi connectivity index (χ1n) is 10.1. The van der Waals surface area contributed by atoms with Crippen LogP contribution >= 0.6 is 12.4 Å². The van der Waals surface area contributed by atoms with E-state index in [1.165, 1.54) is 36.9 Å². The molecule has 0 atom stereocenters. The third-order valence-corrected chi connectivity index (χ3v) is 6.92. The van der Waals surface area contributed by atoms with Gasteiger partial charge in [0, 0.05) is 52.9 Å². The Labute approximate surface area is 193 Å². The fourth-order valence-electron chi connectivity index (χ4n) is 3.54. The maximum Gasteiger partial charge on any atom is 0.332 e. The highest BCUT2D eigenvalue weighted by molar-refractivity contribution is 7.89. The van der Waals surface area contributed by atoms with E-state index in [0.29, 0.717) is 18.2 Å². The lowest BCUT2D eigenvalue weighted by atomic mass is 10.3. The van der Waals surface area contributed by atoms with E-state index in [2.05, 4.69) is 14.5 Å². The summed E-state index contributed by atoms with van der Waals surface area (Å²) in [5, 5.41) is 0. The predicted molar refractivity (Wildman–Crippen MR) is 126 cm³/mol. The van der Waals surface area contributed by atoms with Crippen LogP contribution in [0.2, 0.25) is 0 Å². The summed E-state index contributed by atoms with van der Waals surface area (Å²) in [7, 11) is 1.10. The van der Waals surface area contributed by atoms with Gasteiger partial charge in [0.05, 0.1) is 11.5 Å². The lowest BCUT2D eigenvalue weighted by molar-refractivity contribution is 0.224. The molecule has 32 heavy (non-hydrogen) atoms. The van der Waals surface area contributed by atoms with Crippen LogP contribution in [0.4, 0.5) is 5.82 Å². The van der Waals surface area contributed by atoms with Gasteiger partial charge in [0.25, 0.3) is 5.56 Å². The number of hydrogen-bond donors (Lipinski definition) is 1. The highest BCUT2D eigenvalue weighted by atomic mass is 35.5. The minimum atomic E-state index is -3.44. The Balaban J connectivity index is 0.00000363. The molecule has 1 aliphatic rings. The molecule has 1 fully saturated rings. The first-order valence-corrected chi connectivity index (χ1v) is 11.6. The van der Waals surface area contributed by atoms with Crippen molar-refractivity contribution in [3.63, 3.8) is 0 Å². The predicted octanol–water partition coefficient (Wildman–Crippen LogP) is 0.00500. The molecule has 3 rings (SSSR count). The molecule has 1 aromatic heterocycles. The summed E-state index contributed by atoms with van der Waals surface area (Å²) in [6.07, 6.45) is 0.834. The molecule has 10 nitrogen and oxygen atoms in total. The molecule has 0 radical (unpaired) electrons. The van der Waals surface area contributed by atoms with Gasteiger partial charge in [-0.3, -0.25) is 18.8 Å². The van der Waals surface area contributed by atoms with Crippen LogP contribution in [0.5, 0.6) is 5.75 Å². The van der Waals surface area contributed by atoms with Crippen LogP contribution in [0, 0.1) is 0 Å². The van der Waals surface area contributed by atoms with Crippen molar-refractivity contribution in [2.45, 2.75) is 11.3 Å². The Morgan fingerprint density at radius 2 is 1.62 bits per heavy atom. The smallest absolute Gasteiger partial charge is 0.332 e. The lowest BCUT2D eigenvalue weighted by Gasteiger charge is -2.36. The van der Waals surface area contributed by atoms with Crippen molar-refractivity contribution in [2.24, 2.45) is 14.1 Å². The summed E-state index contributed by atoms with van der Waals surface area (Å²) in [6.45, 7) is 4.54. The fourth-order valence-corrected chi connectivity index (χ4v) is 4.27. The highest BCUT2D eigenvalue weighted by Crippen LogP contribution is 2.16. The number of hydrogen-bond acceptors (Lipinski definition) is 7. The standard InChI is InChI=1S/C20H29N5O5S.ClH/c1-21-31(28,29)17-7-5-16(6-8-17)30-14-4-9-24-10-12-25(13-11-24)18-15-19(26)23(3)20(27)22(18)2;/h5-8,15,21H,4,9-14H2,1-3H3;1H. The molecule has 2 aromatic rings. The van der Waals surface area contributed by atoms with E-state index in [1.807, 2.05) is 0 Å². The third kappa shape index (κ3) is 5.91. The SMILES string of the molecule is CNS(=O)(=O)c1ccc(OCCCN2CCN(c3cc(=O)n(C)c(=O)n3C)CC2)cc1.Cl. The molecule has 1 saturated heterocycles.